The Labute approximate surface area is 248 Å². The van der Waals surface area contributed by atoms with Crippen LogP contribution in [0.1, 0.15) is 69.7 Å². The summed E-state index contributed by atoms with van der Waals surface area (Å²) in [4.78, 5) is 39.1. The van der Waals surface area contributed by atoms with Crippen LogP contribution in [0.2, 0.25) is 0 Å². The predicted octanol–water partition coefficient (Wildman–Crippen LogP) is 6.10. The van der Waals surface area contributed by atoms with Gasteiger partial charge in [0.25, 0.3) is 0 Å². The number of ether oxygens (including phenoxy) is 1. The molecule has 8 heteroatoms. The van der Waals surface area contributed by atoms with E-state index in [2.05, 4.69) is 45.5 Å². The highest BCUT2D eigenvalue weighted by Crippen LogP contribution is 2.44. The first-order chi connectivity index (χ1) is 20.1. The van der Waals surface area contributed by atoms with Gasteiger partial charge in [0.1, 0.15) is 18.8 Å². The summed E-state index contributed by atoms with van der Waals surface area (Å²) in [5.41, 5.74) is 5.51. The van der Waals surface area contributed by atoms with Crippen molar-refractivity contribution in [3.63, 3.8) is 0 Å². The Morgan fingerprint density at radius 1 is 0.714 bits per heavy atom. The largest absolute Gasteiger partial charge is 0.449 e. The van der Waals surface area contributed by atoms with E-state index in [1.165, 1.54) is 0 Å². The Morgan fingerprint density at radius 2 is 1.29 bits per heavy atom. The van der Waals surface area contributed by atoms with Crippen molar-refractivity contribution >= 4 is 18.0 Å². The molecule has 3 aromatic rings. The standard InChI is InChI=1S/C34H42N4O4/c1-21(2)19-30(32(39)37-31(22(3)4)38-33(40)35-23(5)24-13-7-6-8-14-24)36-34(41)42-20-29-27-17-11-9-15-25(27)26-16-10-12-18-28(26)29/h6-18,21-23,29-31H,19-20H2,1-5H3,(H,36,41)(H,37,39)(H2,35,38,40)/t23-,30+,31+/m1/s1. The molecule has 0 spiro atoms. The third kappa shape index (κ3) is 7.69. The highest BCUT2D eigenvalue weighted by molar-refractivity contribution is 5.86. The molecule has 1 aliphatic carbocycles. The fourth-order valence-electron chi connectivity index (χ4n) is 5.31. The first-order valence-electron chi connectivity index (χ1n) is 14.7. The molecule has 3 atom stereocenters. The zero-order valence-electron chi connectivity index (χ0n) is 25.0. The van der Waals surface area contributed by atoms with Crippen molar-refractivity contribution in [2.45, 2.75) is 65.2 Å². The first-order valence-corrected chi connectivity index (χ1v) is 14.7. The predicted molar refractivity (Wildman–Crippen MR) is 165 cm³/mol. The summed E-state index contributed by atoms with van der Waals surface area (Å²) in [6.07, 6.45) is -0.876. The number of rotatable bonds is 11. The molecule has 222 valence electrons. The van der Waals surface area contributed by atoms with Gasteiger partial charge in [-0.15, -0.1) is 0 Å². The second-order valence-corrected chi connectivity index (χ2v) is 11.6. The fraction of sp³-hybridized carbons (Fsp3) is 0.382. The third-order valence-electron chi connectivity index (χ3n) is 7.56. The van der Waals surface area contributed by atoms with Crippen LogP contribution < -0.4 is 21.3 Å². The van der Waals surface area contributed by atoms with Crippen molar-refractivity contribution in [2.24, 2.45) is 11.8 Å². The molecule has 8 nitrogen and oxygen atoms in total. The Morgan fingerprint density at radius 3 is 1.86 bits per heavy atom. The van der Waals surface area contributed by atoms with Crippen molar-refractivity contribution in [2.75, 3.05) is 6.61 Å². The number of benzene rings is 3. The minimum absolute atomic E-state index is 0.0770. The zero-order valence-corrected chi connectivity index (χ0v) is 25.0. The van der Waals surface area contributed by atoms with Crippen LogP contribution in [-0.4, -0.2) is 36.8 Å². The van der Waals surface area contributed by atoms with Crippen molar-refractivity contribution in [1.29, 1.82) is 0 Å². The Kier molecular flexibility index (Phi) is 10.2. The van der Waals surface area contributed by atoms with Gasteiger partial charge in [-0.1, -0.05) is 107 Å². The summed E-state index contributed by atoms with van der Waals surface area (Å²) in [6.45, 7) is 9.83. The number of urea groups is 1. The van der Waals surface area contributed by atoms with E-state index in [1.54, 1.807) is 0 Å². The molecule has 0 bridgehead atoms. The maximum absolute atomic E-state index is 13.4. The Bertz CT molecular complexity index is 1330. The molecule has 0 aromatic heterocycles. The molecular weight excluding hydrogens is 528 g/mol. The van der Waals surface area contributed by atoms with Crippen LogP contribution in [0.5, 0.6) is 0 Å². The van der Waals surface area contributed by atoms with Crippen molar-refractivity contribution in [3.8, 4) is 11.1 Å². The molecule has 1 aliphatic rings. The number of carbonyl (C=O) groups is 3. The smallest absolute Gasteiger partial charge is 0.407 e. The van der Waals surface area contributed by atoms with Crippen molar-refractivity contribution in [3.05, 3.63) is 95.6 Å². The zero-order chi connectivity index (χ0) is 30.2. The summed E-state index contributed by atoms with van der Waals surface area (Å²) >= 11 is 0. The first kappa shape index (κ1) is 30.6. The average molecular weight is 571 g/mol. The lowest BCUT2D eigenvalue weighted by Gasteiger charge is -2.28. The maximum atomic E-state index is 13.4. The van der Waals surface area contributed by atoms with Gasteiger partial charge in [-0.05, 0) is 53.0 Å². The van der Waals surface area contributed by atoms with Gasteiger partial charge in [0.15, 0.2) is 0 Å². The second-order valence-electron chi connectivity index (χ2n) is 11.6. The van der Waals surface area contributed by atoms with E-state index in [0.29, 0.717) is 6.42 Å². The number of carbonyl (C=O) groups excluding carboxylic acids is 3. The van der Waals surface area contributed by atoms with Crippen LogP contribution in [0, 0.1) is 11.8 Å². The third-order valence-corrected chi connectivity index (χ3v) is 7.56. The van der Waals surface area contributed by atoms with Crippen molar-refractivity contribution in [1.82, 2.24) is 21.3 Å². The van der Waals surface area contributed by atoms with Crippen LogP contribution in [0.15, 0.2) is 78.9 Å². The van der Waals surface area contributed by atoms with Gasteiger partial charge in [-0.2, -0.15) is 0 Å². The fourth-order valence-corrected chi connectivity index (χ4v) is 5.31. The van der Waals surface area contributed by atoms with E-state index in [4.69, 9.17) is 4.74 Å². The Balaban J connectivity index is 1.36. The molecule has 0 heterocycles. The number of nitrogens with one attached hydrogen (secondary N) is 4. The number of hydrogen-bond donors (Lipinski definition) is 4. The number of amides is 4. The molecule has 0 radical (unpaired) electrons. The topological polar surface area (TPSA) is 109 Å². The molecule has 4 rings (SSSR count). The molecule has 0 fully saturated rings. The highest BCUT2D eigenvalue weighted by atomic mass is 16.5. The summed E-state index contributed by atoms with van der Waals surface area (Å²) in [5, 5.41) is 11.5. The van der Waals surface area contributed by atoms with Gasteiger partial charge in [0.05, 0.1) is 6.04 Å². The molecule has 0 saturated carbocycles. The van der Waals surface area contributed by atoms with Gasteiger partial charge in [0, 0.05) is 5.92 Å². The molecule has 0 aliphatic heterocycles. The lowest BCUT2D eigenvalue weighted by molar-refractivity contribution is -0.124. The van der Waals surface area contributed by atoms with E-state index in [-0.39, 0.29) is 36.3 Å². The lowest BCUT2D eigenvalue weighted by atomic mass is 9.98. The highest BCUT2D eigenvalue weighted by Gasteiger charge is 2.31. The number of alkyl carbamates (subject to hydrolysis) is 1. The number of fused-ring (bicyclic) bond motifs is 3. The minimum Gasteiger partial charge on any atom is -0.449 e. The van der Waals surface area contributed by atoms with Gasteiger partial charge in [-0.3, -0.25) is 4.79 Å². The normalized spacial score (nSPS) is 14.4. The maximum Gasteiger partial charge on any atom is 0.407 e. The monoisotopic (exact) mass is 570 g/mol. The Hall–Kier alpha value is -4.33. The van der Waals surface area contributed by atoms with Gasteiger partial charge in [-0.25, -0.2) is 9.59 Å². The van der Waals surface area contributed by atoms with Crippen LogP contribution in [-0.2, 0) is 9.53 Å². The minimum atomic E-state index is -0.824. The lowest BCUT2D eigenvalue weighted by Crippen LogP contribution is -2.58. The van der Waals surface area contributed by atoms with Crippen LogP contribution in [0.3, 0.4) is 0 Å². The van der Waals surface area contributed by atoms with Gasteiger partial charge < -0.3 is 26.0 Å². The van der Waals surface area contributed by atoms with Crippen LogP contribution in [0.4, 0.5) is 9.59 Å². The van der Waals surface area contributed by atoms with Crippen LogP contribution >= 0.6 is 0 Å². The summed E-state index contributed by atoms with van der Waals surface area (Å²) in [6, 6.07) is 24.5. The van der Waals surface area contributed by atoms with E-state index in [0.717, 1.165) is 27.8 Å². The molecule has 3 aromatic carbocycles. The van der Waals surface area contributed by atoms with Gasteiger partial charge in [0.2, 0.25) is 5.91 Å². The van der Waals surface area contributed by atoms with E-state index in [9.17, 15) is 14.4 Å². The molecule has 0 unspecified atom stereocenters. The molecular formula is C34H42N4O4. The average Bonchev–Trinajstić information content (AvgIpc) is 3.29. The summed E-state index contributed by atoms with van der Waals surface area (Å²) in [5.74, 6) is -0.421. The van der Waals surface area contributed by atoms with E-state index >= 15 is 0 Å². The number of hydrogen-bond acceptors (Lipinski definition) is 4. The molecule has 42 heavy (non-hydrogen) atoms. The SMILES string of the molecule is CC(C)C[C@H](NC(=O)OCC1c2ccccc2-c2ccccc21)C(=O)N[C@@H](NC(=O)N[C@H](C)c1ccccc1)C(C)C. The van der Waals surface area contributed by atoms with Crippen LogP contribution in [0.25, 0.3) is 11.1 Å². The second kappa shape index (κ2) is 14.0. The van der Waals surface area contributed by atoms with Crippen molar-refractivity contribution < 1.29 is 19.1 Å². The quantitative estimate of drug-likeness (QED) is 0.209. The van der Waals surface area contributed by atoms with E-state index in [1.807, 2.05) is 89.2 Å². The summed E-state index contributed by atoms with van der Waals surface area (Å²) < 4.78 is 5.69. The molecule has 0 saturated heterocycles. The molecule has 4 N–H and O–H groups in total. The van der Waals surface area contributed by atoms with Gasteiger partial charge >= 0.3 is 12.1 Å². The molecule has 4 amide bonds. The summed E-state index contributed by atoms with van der Waals surface area (Å²) in [7, 11) is 0. The van der Waals surface area contributed by atoms with E-state index < -0.39 is 24.3 Å².